The van der Waals surface area contributed by atoms with Gasteiger partial charge in [0.15, 0.2) is 0 Å². The smallest absolute Gasteiger partial charge is 0.0901 e. The van der Waals surface area contributed by atoms with Gasteiger partial charge in [0.2, 0.25) is 0 Å². The Morgan fingerprint density at radius 2 is 1.96 bits per heavy atom. The first-order valence-corrected chi connectivity index (χ1v) is 8.88. The van der Waals surface area contributed by atoms with Gasteiger partial charge in [0.05, 0.1) is 10.7 Å². The zero-order valence-electron chi connectivity index (χ0n) is 13.7. The van der Waals surface area contributed by atoms with Crippen molar-refractivity contribution < 1.29 is 0 Å². The molecule has 1 heterocycles. The Morgan fingerprint density at radius 1 is 1.13 bits per heavy atom. The summed E-state index contributed by atoms with van der Waals surface area (Å²) in [6, 6.07) is 10.7. The van der Waals surface area contributed by atoms with Crippen LogP contribution in [0.5, 0.6) is 0 Å². The molecular formula is C21H21NS. The first-order chi connectivity index (χ1) is 11.2. The highest BCUT2D eigenvalue weighted by molar-refractivity contribution is 7.09. The van der Waals surface area contributed by atoms with Crippen LogP contribution in [0.3, 0.4) is 0 Å². The molecule has 2 heteroatoms. The number of thiazole rings is 1. The molecule has 1 aromatic heterocycles. The molecule has 0 N–H and O–H groups in total. The van der Waals surface area contributed by atoms with Crippen molar-refractivity contribution >= 4 is 16.9 Å². The molecule has 0 aliphatic heterocycles. The van der Waals surface area contributed by atoms with Gasteiger partial charge in [0, 0.05) is 11.0 Å². The average molecular weight is 319 g/mol. The standard InChI is InChI=1S/C21H21NS/c1-16-7-6-10-20(21-15-23-17(2)22-21)19(13-11-16)14-12-18-8-4-3-5-9-18/h3-6,8-10,13,15H,11-12,14H2,1-2H3/b19-13?,20-10+. The van der Waals surface area contributed by atoms with Crippen LogP contribution in [0, 0.1) is 6.92 Å². The Labute approximate surface area is 142 Å². The molecule has 23 heavy (non-hydrogen) atoms. The summed E-state index contributed by atoms with van der Waals surface area (Å²) in [5, 5.41) is 3.27. The summed E-state index contributed by atoms with van der Waals surface area (Å²) >= 11 is 1.71. The van der Waals surface area contributed by atoms with Gasteiger partial charge in [0.1, 0.15) is 0 Å². The van der Waals surface area contributed by atoms with Gasteiger partial charge in [-0.2, -0.15) is 0 Å². The van der Waals surface area contributed by atoms with Crippen LogP contribution in [0.2, 0.25) is 0 Å². The molecule has 2 aromatic rings. The number of rotatable bonds is 4. The van der Waals surface area contributed by atoms with E-state index < -0.39 is 0 Å². The Kier molecular flexibility index (Phi) is 5.07. The van der Waals surface area contributed by atoms with Gasteiger partial charge in [-0.3, -0.25) is 0 Å². The van der Waals surface area contributed by atoms with E-state index >= 15 is 0 Å². The van der Waals surface area contributed by atoms with Gasteiger partial charge in [-0.1, -0.05) is 36.4 Å². The van der Waals surface area contributed by atoms with Crippen molar-refractivity contribution in [1.82, 2.24) is 4.98 Å². The summed E-state index contributed by atoms with van der Waals surface area (Å²) in [5.41, 5.74) is 9.70. The molecule has 1 nitrogen and oxygen atoms in total. The molecule has 0 amide bonds. The van der Waals surface area contributed by atoms with Crippen LogP contribution in [0.4, 0.5) is 0 Å². The predicted octanol–water partition coefficient (Wildman–Crippen LogP) is 5.90. The zero-order chi connectivity index (χ0) is 16.1. The van der Waals surface area contributed by atoms with Gasteiger partial charge in [-0.05, 0) is 62.0 Å². The van der Waals surface area contributed by atoms with E-state index in [1.54, 1.807) is 11.3 Å². The number of hydrogen-bond acceptors (Lipinski definition) is 2. The Morgan fingerprint density at radius 3 is 2.70 bits per heavy atom. The maximum absolute atomic E-state index is 4.69. The summed E-state index contributed by atoms with van der Waals surface area (Å²) in [7, 11) is 0. The number of aromatic nitrogens is 1. The average Bonchev–Trinajstić information content (AvgIpc) is 2.97. The van der Waals surface area contributed by atoms with E-state index in [0.717, 1.165) is 30.0 Å². The van der Waals surface area contributed by atoms with Gasteiger partial charge >= 0.3 is 0 Å². The van der Waals surface area contributed by atoms with Crippen LogP contribution in [0.25, 0.3) is 5.57 Å². The second kappa shape index (κ2) is 7.41. The first kappa shape index (κ1) is 15.7. The van der Waals surface area contributed by atoms with Crippen LogP contribution >= 0.6 is 11.3 Å². The van der Waals surface area contributed by atoms with Gasteiger partial charge in [0.25, 0.3) is 0 Å². The van der Waals surface area contributed by atoms with E-state index in [0.29, 0.717) is 0 Å². The van der Waals surface area contributed by atoms with E-state index in [1.807, 2.05) is 6.08 Å². The molecule has 0 atom stereocenters. The minimum Gasteiger partial charge on any atom is -0.242 e. The maximum atomic E-state index is 4.69. The minimum absolute atomic E-state index is 0.959. The molecule has 3 rings (SSSR count). The normalized spacial score (nSPS) is 16.9. The largest absolute Gasteiger partial charge is 0.242 e. The second-order valence-corrected chi connectivity index (χ2v) is 6.90. The maximum Gasteiger partial charge on any atom is 0.0901 e. The topological polar surface area (TPSA) is 12.9 Å². The highest BCUT2D eigenvalue weighted by Crippen LogP contribution is 2.29. The quantitative estimate of drug-likeness (QED) is 0.639. The number of benzene rings is 1. The van der Waals surface area contributed by atoms with Crippen molar-refractivity contribution in [3.05, 3.63) is 87.1 Å². The number of nitrogens with zero attached hydrogens (tertiary/aromatic N) is 1. The van der Waals surface area contributed by atoms with E-state index in [4.69, 9.17) is 0 Å². The summed E-state index contributed by atoms with van der Waals surface area (Å²) in [6.07, 6.45) is 9.59. The molecule has 116 valence electrons. The minimum atomic E-state index is 0.959. The highest BCUT2D eigenvalue weighted by atomic mass is 32.1. The predicted molar refractivity (Wildman–Crippen MR) is 99.6 cm³/mol. The zero-order valence-corrected chi connectivity index (χ0v) is 14.5. The molecule has 0 fully saturated rings. The molecular weight excluding hydrogens is 298 g/mol. The van der Waals surface area contributed by atoms with Crippen molar-refractivity contribution in [2.24, 2.45) is 0 Å². The third-order valence-corrected chi connectivity index (χ3v) is 4.77. The highest BCUT2D eigenvalue weighted by Gasteiger charge is 2.12. The summed E-state index contributed by atoms with van der Waals surface area (Å²) in [6.45, 7) is 4.19. The fourth-order valence-corrected chi connectivity index (χ4v) is 3.33. The molecule has 1 aliphatic carbocycles. The third-order valence-electron chi connectivity index (χ3n) is 4.00. The summed E-state index contributed by atoms with van der Waals surface area (Å²) in [4.78, 5) is 4.69. The Balaban J connectivity index is 1.88. The second-order valence-electron chi connectivity index (χ2n) is 5.84. The molecule has 0 unspecified atom stereocenters. The lowest BCUT2D eigenvalue weighted by Crippen LogP contribution is -1.96. The van der Waals surface area contributed by atoms with Crippen molar-refractivity contribution in [3.8, 4) is 0 Å². The van der Waals surface area contributed by atoms with Crippen molar-refractivity contribution in [1.29, 1.82) is 0 Å². The Hall–Kier alpha value is -2.15. The molecule has 0 saturated carbocycles. The Bertz CT molecular complexity index is 799. The SMILES string of the molecule is CC1=C=C/C=C(/c2csc(C)n2)C(CCc2ccccc2)=CC1. The van der Waals surface area contributed by atoms with Gasteiger partial charge in [-0.15, -0.1) is 17.1 Å². The van der Waals surface area contributed by atoms with Gasteiger partial charge in [-0.25, -0.2) is 4.98 Å². The fourth-order valence-electron chi connectivity index (χ4n) is 2.72. The molecule has 0 bridgehead atoms. The van der Waals surface area contributed by atoms with E-state index in [1.165, 1.54) is 22.3 Å². The van der Waals surface area contributed by atoms with E-state index in [-0.39, 0.29) is 0 Å². The van der Waals surface area contributed by atoms with Crippen LogP contribution in [0.1, 0.15) is 36.0 Å². The lowest BCUT2D eigenvalue weighted by molar-refractivity contribution is 0.957. The summed E-state index contributed by atoms with van der Waals surface area (Å²) in [5.74, 6) is 0. The lowest BCUT2D eigenvalue weighted by Gasteiger charge is -2.12. The molecule has 0 spiro atoms. The van der Waals surface area contributed by atoms with E-state index in [2.05, 4.69) is 72.4 Å². The fraction of sp³-hybridized carbons (Fsp3) is 0.238. The van der Waals surface area contributed by atoms with Crippen molar-refractivity contribution in [3.63, 3.8) is 0 Å². The number of allylic oxidation sites excluding steroid dienone is 5. The van der Waals surface area contributed by atoms with Crippen LogP contribution in [-0.2, 0) is 6.42 Å². The van der Waals surface area contributed by atoms with E-state index in [9.17, 15) is 0 Å². The van der Waals surface area contributed by atoms with Gasteiger partial charge < -0.3 is 0 Å². The molecule has 0 saturated heterocycles. The summed E-state index contributed by atoms with van der Waals surface area (Å²) < 4.78 is 0. The van der Waals surface area contributed by atoms with Crippen LogP contribution in [-0.4, -0.2) is 4.98 Å². The molecule has 1 aromatic carbocycles. The van der Waals surface area contributed by atoms with Crippen molar-refractivity contribution in [2.75, 3.05) is 0 Å². The monoisotopic (exact) mass is 319 g/mol. The lowest BCUT2D eigenvalue weighted by atomic mass is 9.93. The number of hydrogen-bond donors (Lipinski definition) is 0. The first-order valence-electron chi connectivity index (χ1n) is 8.00. The van der Waals surface area contributed by atoms with Crippen LogP contribution in [0.15, 0.2) is 70.8 Å². The molecule has 0 radical (unpaired) electrons. The molecule has 1 aliphatic rings. The van der Waals surface area contributed by atoms with Crippen molar-refractivity contribution in [2.45, 2.75) is 33.1 Å². The third kappa shape index (κ3) is 4.19. The number of aryl methyl sites for hydroxylation is 2. The van der Waals surface area contributed by atoms with Crippen LogP contribution < -0.4 is 0 Å².